The fourth-order valence-corrected chi connectivity index (χ4v) is 4.45. The van der Waals surface area contributed by atoms with E-state index >= 15 is 0 Å². The van der Waals surface area contributed by atoms with Gasteiger partial charge in [-0.05, 0) is 50.8 Å². The molecule has 0 aromatic carbocycles. The largest absolute Gasteiger partial charge is 0.480 e. The molecule has 0 unspecified atom stereocenters. The van der Waals surface area contributed by atoms with Crippen molar-refractivity contribution in [3.8, 4) is 11.8 Å². The first-order valence-electron chi connectivity index (χ1n) is 11.3. The van der Waals surface area contributed by atoms with Gasteiger partial charge in [-0.15, -0.1) is 0 Å². The van der Waals surface area contributed by atoms with Gasteiger partial charge in [0.1, 0.15) is 16.5 Å². The van der Waals surface area contributed by atoms with Crippen LogP contribution in [0.4, 0.5) is 17.6 Å². The molecule has 2 aromatic rings. The Kier molecular flexibility index (Phi) is 9.87. The third-order valence-electron chi connectivity index (χ3n) is 5.34. The summed E-state index contributed by atoms with van der Waals surface area (Å²) in [7, 11) is 5.05. The number of carbonyl (C=O) groups excluding carboxylic acids is 1. The molecule has 35 heavy (non-hydrogen) atoms. The summed E-state index contributed by atoms with van der Waals surface area (Å²) in [5.41, 5.74) is 5.90. The monoisotopic (exact) mass is 503 g/mol. The minimum absolute atomic E-state index is 0.196. The summed E-state index contributed by atoms with van der Waals surface area (Å²) in [6.45, 7) is 9.09. The molecular weight excluding hydrogens is 470 g/mol. The Hall–Kier alpha value is -3.16. The summed E-state index contributed by atoms with van der Waals surface area (Å²) < 4.78 is 11.1. The Morgan fingerprint density at radius 2 is 1.83 bits per heavy atom. The maximum atomic E-state index is 11.6. The van der Waals surface area contributed by atoms with E-state index in [4.69, 9.17) is 15.2 Å². The first kappa shape index (κ1) is 26.4. The second kappa shape index (κ2) is 13.1. The highest BCUT2D eigenvalue weighted by molar-refractivity contribution is 7.99. The summed E-state index contributed by atoms with van der Waals surface area (Å²) in [6.07, 6.45) is 3.50. The second-order valence-corrected chi connectivity index (χ2v) is 8.74. The molecule has 3 heterocycles. The number of amides is 1. The highest BCUT2D eigenvalue weighted by atomic mass is 32.2. The number of anilines is 3. The molecular formula is C22H33N9O3S. The normalized spacial score (nSPS) is 14.0. The van der Waals surface area contributed by atoms with Gasteiger partial charge in [-0.2, -0.15) is 9.97 Å². The van der Waals surface area contributed by atoms with Crippen LogP contribution in [0.1, 0.15) is 12.8 Å². The van der Waals surface area contributed by atoms with E-state index in [-0.39, 0.29) is 16.8 Å². The standard InChI is InChI=1S/C22H33N9O3S/c1-5-17(32)26-16-14-15(23)25-22(27-16)35-18-19(33-3)28-21(29-20(18)34-4)31-12-10-30(11-13-31)9-7-6-8-24-2/h5,14,24H,1,6-13H2,2-4H3,(H3,23,25,26,27,32). The van der Waals surface area contributed by atoms with Crippen molar-refractivity contribution in [2.75, 3.05) is 76.5 Å². The number of ether oxygens (including phenoxy) is 2. The van der Waals surface area contributed by atoms with Gasteiger partial charge in [0.25, 0.3) is 0 Å². The highest BCUT2D eigenvalue weighted by Crippen LogP contribution is 2.40. The highest BCUT2D eigenvalue weighted by Gasteiger charge is 2.24. The summed E-state index contributed by atoms with van der Waals surface area (Å²) in [4.78, 5) is 34.6. The molecule has 13 heteroatoms. The lowest BCUT2D eigenvalue weighted by Gasteiger charge is -2.35. The molecule has 0 spiro atoms. The van der Waals surface area contributed by atoms with Crippen LogP contribution in [-0.2, 0) is 4.79 Å². The van der Waals surface area contributed by atoms with Crippen LogP contribution in [0.5, 0.6) is 11.8 Å². The van der Waals surface area contributed by atoms with Gasteiger partial charge in [-0.25, -0.2) is 9.97 Å². The van der Waals surface area contributed by atoms with E-state index in [1.54, 1.807) is 0 Å². The zero-order chi connectivity index (χ0) is 25.2. The number of hydrogen-bond acceptors (Lipinski definition) is 12. The van der Waals surface area contributed by atoms with Crippen LogP contribution in [-0.4, -0.2) is 91.3 Å². The lowest BCUT2D eigenvalue weighted by molar-refractivity contribution is -0.111. The molecule has 4 N–H and O–H groups in total. The van der Waals surface area contributed by atoms with Crippen molar-refractivity contribution in [3.63, 3.8) is 0 Å². The van der Waals surface area contributed by atoms with Crippen molar-refractivity contribution in [2.45, 2.75) is 22.9 Å². The predicted octanol–water partition coefficient (Wildman–Crippen LogP) is 1.26. The molecule has 0 atom stereocenters. The number of unbranched alkanes of at least 4 members (excludes halogenated alkanes) is 1. The number of aromatic nitrogens is 4. The van der Waals surface area contributed by atoms with Gasteiger partial charge in [-0.1, -0.05) is 6.58 Å². The quantitative estimate of drug-likeness (QED) is 0.218. The number of nitrogens with one attached hydrogen (secondary N) is 2. The summed E-state index contributed by atoms with van der Waals surface area (Å²) in [6, 6.07) is 1.46. The number of nitrogens with two attached hydrogens (primary N) is 1. The van der Waals surface area contributed by atoms with Crippen molar-refractivity contribution in [1.29, 1.82) is 0 Å². The third kappa shape index (κ3) is 7.41. The molecule has 190 valence electrons. The average Bonchev–Trinajstić information content (AvgIpc) is 2.86. The first-order valence-corrected chi connectivity index (χ1v) is 12.2. The van der Waals surface area contributed by atoms with Crippen LogP contribution in [0.25, 0.3) is 0 Å². The van der Waals surface area contributed by atoms with Crippen molar-refractivity contribution in [1.82, 2.24) is 30.2 Å². The van der Waals surface area contributed by atoms with Gasteiger partial charge in [0.15, 0.2) is 5.16 Å². The number of rotatable bonds is 12. The molecule has 0 saturated carbocycles. The fraction of sp³-hybridized carbons (Fsp3) is 0.500. The van der Waals surface area contributed by atoms with Gasteiger partial charge < -0.3 is 30.7 Å². The molecule has 2 aromatic heterocycles. The lowest BCUT2D eigenvalue weighted by atomic mass is 10.2. The van der Waals surface area contributed by atoms with E-state index in [1.165, 1.54) is 33.1 Å². The molecule has 1 aliphatic rings. The maximum Gasteiger partial charge on any atom is 0.248 e. The van der Waals surface area contributed by atoms with Gasteiger partial charge in [0.2, 0.25) is 23.6 Å². The van der Waals surface area contributed by atoms with Gasteiger partial charge in [0, 0.05) is 32.2 Å². The van der Waals surface area contributed by atoms with Crippen LogP contribution < -0.4 is 30.7 Å². The van der Waals surface area contributed by atoms with Crippen LogP contribution in [0.2, 0.25) is 0 Å². The zero-order valence-electron chi connectivity index (χ0n) is 20.4. The molecule has 0 aliphatic carbocycles. The zero-order valence-corrected chi connectivity index (χ0v) is 21.2. The van der Waals surface area contributed by atoms with Crippen molar-refractivity contribution >= 4 is 35.3 Å². The van der Waals surface area contributed by atoms with E-state index in [1.807, 2.05) is 7.05 Å². The maximum absolute atomic E-state index is 11.6. The number of carbonyl (C=O) groups is 1. The lowest BCUT2D eigenvalue weighted by Crippen LogP contribution is -2.47. The molecule has 1 amide bonds. The Morgan fingerprint density at radius 3 is 2.43 bits per heavy atom. The van der Waals surface area contributed by atoms with E-state index in [2.05, 4.69) is 46.9 Å². The number of methoxy groups -OCH3 is 2. The molecule has 0 bridgehead atoms. The number of nitrogen functional groups attached to an aromatic ring is 1. The topological polar surface area (TPSA) is 144 Å². The minimum atomic E-state index is -0.403. The van der Waals surface area contributed by atoms with Crippen LogP contribution in [0.3, 0.4) is 0 Å². The minimum Gasteiger partial charge on any atom is -0.480 e. The van der Waals surface area contributed by atoms with Crippen molar-refractivity contribution in [2.24, 2.45) is 0 Å². The molecule has 1 saturated heterocycles. The van der Waals surface area contributed by atoms with Gasteiger partial charge >= 0.3 is 0 Å². The first-order chi connectivity index (χ1) is 17.0. The number of nitrogens with zero attached hydrogens (tertiary/aromatic N) is 6. The Bertz CT molecular complexity index is 991. The predicted molar refractivity (Wildman–Crippen MR) is 136 cm³/mol. The van der Waals surface area contributed by atoms with E-state index < -0.39 is 5.91 Å². The summed E-state index contributed by atoms with van der Waals surface area (Å²) in [5.74, 6) is 1.28. The van der Waals surface area contributed by atoms with Crippen LogP contribution in [0.15, 0.2) is 28.8 Å². The SMILES string of the molecule is C=CC(=O)Nc1cc(N)nc(Sc2c(OC)nc(N3CCN(CCCCNC)CC3)nc2OC)n1. The smallest absolute Gasteiger partial charge is 0.248 e. The second-order valence-electron chi connectivity index (χ2n) is 7.77. The summed E-state index contributed by atoms with van der Waals surface area (Å²) >= 11 is 1.14. The van der Waals surface area contributed by atoms with Gasteiger partial charge in [0.05, 0.1) is 14.2 Å². The Balaban J connectivity index is 1.75. The van der Waals surface area contributed by atoms with Crippen molar-refractivity contribution in [3.05, 3.63) is 18.7 Å². The summed E-state index contributed by atoms with van der Waals surface area (Å²) in [5, 5.41) is 6.05. The Morgan fingerprint density at radius 1 is 1.14 bits per heavy atom. The van der Waals surface area contributed by atoms with Crippen molar-refractivity contribution < 1.29 is 14.3 Å². The average molecular weight is 504 g/mol. The molecule has 3 rings (SSSR count). The molecule has 12 nitrogen and oxygen atoms in total. The third-order valence-corrected chi connectivity index (χ3v) is 6.26. The van der Waals surface area contributed by atoms with E-state index in [0.717, 1.165) is 57.1 Å². The fourth-order valence-electron chi connectivity index (χ4n) is 3.54. The van der Waals surface area contributed by atoms with Gasteiger partial charge in [-0.3, -0.25) is 9.69 Å². The van der Waals surface area contributed by atoms with Crippen LogP contribution >= 0.6 is 11.8 Å². The Labute approximate surface area is 209 Å². The molecule has 1 aliphatic heterocycles. The molecule has 0 radical (unpaired) electrons. The van der Waals surface area contributed by atoms with E-state index in [9.17, 15) is 4.79 Å². The molecule has 1 fully saturated rings. The van der Waals surface area contributed by atoms with Crippen LogP contribution in [0, 0.1) is 0 Å². The van der Waals surface area contributed by atoms with E-state index in [0.29, 0.717) is 22.6 Å². The number of hydrogen-bond donors (Lipinski definition) is 3. The number of piperazine rings is 1.